The zero-order chi connectivity index (χ0) is 20.8. The number of aromatic amines is 1. The molecule has 152 valence electrons. The Morgan fingerprint density at radius 3 is 2.67 bits per heavy atom. The Balaban J connectivity index is 1.33. The van der Waals surface area contributed by atoms with Crippen molar-refractivity contribution in [2.75, 3.05) is 31.1 Å². The first-order chi connectivity index (χ1) is 14.5. The quantitative estimate of drug-likeness (QED) is 0.520. The number of hydrogen-bond acceptors (Lipinski definition) is 5. The van der Waals surface area contributed by atoms with Crippen molar-refractivity contribution in [3.63, 3.8) is 0 Å². The molecule has 0 spiro atoms. The molecule has 0 atom stereocenters. The van der Waals surface area contributed by atoms with Crippen LogP contribution in [0.1, 0.15) is 20.9 Å². The van der Waals surface area contributed by atoms with Gasteiger partial charge in [-0.15, -0.1) is 0 Å². The number of furan rings is 1. The van der Waals surface area contributed by atoms with E-state index >= 15 is 0 Å². The third-order valence-electron chi connectivity index (χ3n) is 5.40. The van der Waals surface area contributed by atoms with E-state index in [0.717, 1.165) is 16.7 Å². The van der Waals surface area contributed by atoms with Gasteiger partial charge < -0.3 is 24.3 Å². The second kappa shape index (κ2) is 7.07. The van der Waals surface area contributed by atoms with Gasteiger partial charge in [-0.3, -0.25) is 4.79 Å². The Kier molecular flexibility index (Phi) is 4.36. The van der Waals surface area contributed by atoms with Crippen molar-refractivity contribution in [1.29, 1.82) is 0 Å². The van der Waals surface area contributed by atoms with Gasteiger partial charge in [-0.05, 0) is 30.3 Å². The summed E-state index contributed by atoms with van der Waals surface area (Å²) in [5.41, 5.74) is 3.50. The summed E-state index contributed by atoms with van der Waals surface area (Å²) in [7, 11) is 0. The highest BCUT2D eigenvalue weighted by Crippen LogP contribution is 2.36. The van der Waals surface area contributed by atoms with E-state index in [2.05, 4.69) is 14.9 Å². The smallest absolute Gasteiger partial charge is 0.371 e. The lowest BCUT2D eigenvalue weighted by Gasteiger charge is -2.36. The summed E-state index contributed by atoms with van der Waals surface area (Å²) in [6, 6.07) is 10.4. The van der Waals surface area contributed by atoms with E-state index in [1.807, 2.05) is 17.0 Å². The molecule has 1 amide bonds. The Morgan fingerprint density at radius 1 is 1.10 bits per heavy atom. The van der Waals surface area contributed by atoms with E-state index in [-0.39, 0.29) is 11.7 Å². The summed E-state index contributed by atoms with van der Waals surface area (Å²) in [5.74, 6) is -1.31. The number of H-pyrrole nitrogens is 1. The van der Waals surface area contributed by atoms with Crippen LogP contribution >= 0.6 is 11.6 Å². The third kappa shape index (κ3) is 3.05. The highest BCUT2D eigenvalue weighted by atomic mass is 35.5. The molecule has 0 unspecified atom stereocenters. The number of anilines is 1. The molecule has 1 aliphatic rings. The van der Waals surface area contributed by atoms with Gasteiger partial charge in [0.1, 0.15) is 5.58 Å². The van der Waals surface area contributed by atoms with Crippen LogP contribution in [-0.4, -0.2) is 58.0 Å². The molecule has 1 fully saturated rings. The number of rotatable bonds is 3. The summed E-state index contributed by atoms with van der Waals surface area (Å²) in [5, 5.41) is 10.1. The van der Waals surface area contributed by atoms with Crippen molar-refractivity contribution < 1.29 is 19.1 Å². The molecule has 2 aromatic carbocycles. The van der Waals surface area contributed by atoms with Gasteiger partial charge in [-0.25, -0.2) is 9.78 Å². The van der Waals surface area contributed by atoms with Gasteiger partial charge >= 0.3 is 5.97 Å². The molecule has 3 heterocycles. The van der Waals surface area contributed by atoms with Crippen LogP contribution < -0.4 is 4.90 Å². The van der Waals surface area contributed by atoms with Gasteiger partial charge in [0.05, 0.1) is 28.1 Å². The molecular weight excluding hydrogens is 408 g/mol. The normalized spacial score (nSPS) is 14.6. The number of aromatic nitrogens is 2. The van der Waals surface area contributed by atoms with Gasteiger partial charge in [-0.2, -0.15) is 0 Å². The van der Waals surface area contributed by atoms with E-state index in [1.165, 1.54) is 6.07 Å². The zero-order valence-electron chi connectivity index (χ0n) is 15.8. The number of carbonyl (C=O) groups excluding carboxylic acids is 1. The monoisotopic (exact) mass is 424 g/mol. The van der Waals surface area contributed by atoms with Crippen molar-refractivity contribution >= 4 is 51.2 Å². The molecule has 0 radical (unpaired) electrons. The van der Waals surface area contributed by atoms with Crippen LogP contribution in [0.3, 0.4) is 0 Å². The number of fused-ring (bicyclic) bond motifs is 2. The molecule has 30 heavy (non-hydrogen) atoms. The van der Waals surface area contributed by atoms with E-state index < -0.39 is 5.97 Å². The van der Waals surface area contributed by atoms with Crippen molar-refractivity contribution in [2.24, 2.45) is 0 Å². The molecule has 0 saturated carbocycles. The molecule has 0 bridgehead atoms. The van der Waals surface area contributed by atoms with Crippen LogP contribution in [0.5, 0.6) is 0 Å². The fourth-order valence-electron chi connectivity index (χ4n) is 3.81. The number of amides is 1. The molecule has 0 aliphatic carbocycles. The van der Waals surface area contributed by atoms with Crippen molar-refractivity contribution in [3.8, 4) is 0 Å². The number of carboxylic acid groups (broad SMARTS) is 1. The summed E-state index contributed by atoms with van der Waals surface area (Å²) in [6.45, 7) is 2.34. The Hall–Kier alpha value is -3.52. The lowest BCUT2D eigenvalue weighted by Crippen LogP contribution is -2.48. The van der Waals surface area contributed by atoms with Crippen LogP contribution in [-0.2, 0) is 0 Å². The molecule has 1 saturated heterocycles. The largest absolute Gasteiger partial charge is 0.475 e. The average Bonchev–Trinajstić information content (AvgIpc) is 3.40. The van der Waals surface area contributed by atoms with Crippen LogP contribution in [0.25, 0.3) is 22.0 Å². The average molecular weight is 425 g/mol. The summed E-state index contributed by atoms with van der Waals surface area (Å²) < 4.78 is 5.31. The van der Waals surface area contributed by atoms with Gasteiger partial charge in [0.2, 0.25) is 5.76 Å². The number of imidazole rings is 1. The Bertz CT molecular complexity index is 1290. The van der Waals surface area contributed by atoms with E-state index in [9.17, 15) is 9.59 Å². The number of benzene rings is 2. The number of carboxylic acids is 1. The molecule has 8 nitrogen and oxygen atoms in total. The first-order valence-corrected chi connectivity index (χ1v) is 9.82. The maximum absolute atomic E-state index is 12.9. The molecular formula is C21H17ClN4O4. The molecule has 2 aromatic heterocycles. The number of piperazine rings is 1. The Morgan fingerprint density at radius 2 is 1.90 bits per heavy atom. The van der Waals surface area contributed by atoms with Gasteiger partial charge in [-0.1, -0.05) is 11.6 Å². The van der Waals surface area contributed by atoms with Crippen LogP contribution in [0.4, 0.5) is 5.69 Å². The fraction of sp³-hybridized carbons (Fsp3) is 0.190. The molecule has 4 aromatic rings. The minimum absolute atomic E-state index is 0.0259. The number of halogens is 1. The molecule has 5 rings (SSSR count). The number of aromatic carboxylic acids is 1. The van der Waals surface area contributed by atoms with Crippen LogP contribution in [0.15, 0.2) is 47.1 Å². The Labute approximate surface area is 175 Å². The lowest BCUT2D eigenvalue weighted by molar-refractivity contribution is 0.0664. The first kappa shape index (κ1) is 18.5. The maximum atomic E-state index is 12.9. The van der Waals surface area contributed by atoms with Crippen molar-refractivity contribution in [3.05, 3.63) is 59.1 Å². The van der Waals surface area contributed by atoms with Crippen LogP contribution in [0.2, 0.25) is 5.02 Å². The fourth-order valence-corrected chi connectivity index (χ4v) is 4.14. The summed E-state index contributed by atoms with van der Waals surface area (Å²) in [6.07, 6.45) is 1.61. The lowest BCUT2D eigenvalue weighted by atomic mass is 10.1. The van der Waals surface area contributed by atoms with Crippen LogP contribution in [0, 0.1) is 0 Å². The van der Waals surface area contributed by atoms with Gasteiger partial charge in [0.15, 0.2) is 0 Å². The van der Waals surface area contributed by atoms with E-state index in [0.29, 0.717) is 47.7 Å². The topological polar surface area (TPSA) is 103 Å². The predicted octanol–water partition coefficient (Wildman–Crippen LogP) is 3.62. The van der Waals surface area contributed by atoms with Crippen molar-refractivity contribution in [1.82, 2.24) is 14.9 Å². The second-order valence-electron chi connectivity index (χ2n) is 7.14. The standard InChI is InChI=1S/C21H17ClN4O4/c22-19-13-10-18(21(28)29)30-17(13)4-3-16(19)25-5-7-26(8-6-25)20(27)12-1-2-14-15(9-12)24-11-23-14/h1-4,9-11H,5-8H2,(H,23,24)(H,28,29). The zero-order valence-corrected chi connectivity index (χ0v) is 16.5. The number of nitrogens with one attached hydrogen (secondary N) is 1. The summed E-state index contributed by atoms with van der Waals surface area (Å²) >= 11 is 6.55. The molecule has 1 aliphatic heterocycles. The van der Waals surface area contributed by atoms with Crippen molar-refractivity contribution in [2.45, 2.75) is 0 Å². The number of nitrogens with zero attached hydrogens (tertiary/aromatic N) is 3. The molecule has 9 heteroatoms. The highest BCUT2D eigenvalue weighted by molar-refractivity contribution is 6.38. The number of hydrogen-bond donors (Lipinski definition) is 2. The van der Waals surface area contributed by atoms with Gasteiger partial charge in [0, 0.05) is 43.2 Å². The first-order valence-electron chi connectivity index (χ1n) is 9.44. The minimum atomic E-state index is -1.14. The predicted molar refractivity (Wildman–Crippen MR) is 112 cm³/mol. The maximum Gasteiger partial charge on any atom is 0.371 e. The van der Waals surface area contributed by atoms with E-state index in [1.54, 1.807) is 24.5 Å². The SMILES string of the molecule is O=C(O)c1cc2c(Cl)c(N3CCN(C(=O)c4ccc5[nH]cnc5c4)CC3)ccc2o1. The van der Waals surface area contributed by atoms with Gasteiger partial charge in [0.25, 0.3) is 5.91 Å². The minimum Gasteiger partial charge on any atom is -0.475 e. The summed E-state index contributed by atoms with van der Waals surface area (Å²) in [4.78, 5) is 35.2. The highest BCUT2D eigenvalue weighted by Gasteiger charge is 2.25. The molecule has 2 N–H and O–H groups in total. The second-order valence-corrected chi connectivity index (χ2v) is 7.52. The third-order valence-corrected chi connectivity index (χ3v) is 5.80. The van der Waals surface area contributed by atoms with E-state index in [4.69, 9.17) is 21.1 Å². The number of carbonyl (C=O) groups is 2.